The van der Waals surface area contributed by atoms with Crippen LogP contribution in [-0.2, 0) is 29.5 Å². The maximum absolute atomic E-state index is 9.48. The van der Waals surface area contributed by atoms with E-state index in [0.29, 0.717) is 0 Å². The van der Waals surface area contributed by atoms with E-state index >= 15 is 0 Å². The Hall–Kier alpha value is 2.63. The summed E-state index contributed by atoms with van der Waals surface area (Å²) in [6.07, 6.45) is 0. The fraction of sp³-hybridized carbons (Fsp3) is 0. The van der Waals surface area contributed by atoms with Gasteiger partial charge in [-0.05, 0) is 0 Å². The molecule has 1 N–H and O–H groups in total. The molecule has 0 aromatic carbocycles. The molecule has 0 aliphatic rings. The molecule has 0 saturated heterocycles. The predicted octanol–water partition coefficient (Wildman–Crippen LogP) is -8.29. The van der Waals surface area contributed by atoms with E-state index in [2.05, 4.69) is 20.5 Å². The minimum absolute atomic E-state index is 0. The molecule has 0 bridgehead atoms. The molecule has 0 amide bonds. The van der Waals surface area contributed by atoms with Gasteiger partial charge in [0.1, 0.15) is 0 Å². The number of rotatable bonds is 3. The molecule has 0 aromatic heterocycles. The summed E-state index contributed by atoms with van der Waals surface area (Å²) in [4.78, 5) is 0. The zero-order valence-electron chi connectivity index (χ0n) is 6.91. The summed E-state index contributed by atoms with van der Waals surface area (Å²) in [5.74, 6) is 0. The van der Waals surface area contributed by atoms with E-state index in [4.69, 9.17) is 9.21 Å². The normalized spacial score (nSPS) is 10.0. The van der Waals surface area contributed by atoms with Gasteiger partial charge in [0.15, 0.2) is 0 Å². The van der Waals surface area contributed by atoms with Crippen LogP contribution in [0.1, 0.15) is 0 Å². The van der Waals surface area contributed by atoms with Crippen molar-refractivity contribution in [2.75, 3.05) is 0 Å². The van der Waals surface area contributed by atoms with Crippen molar-refractivity contribution >= 4 is 32.7 Å². The van der Waals surface area contributed by atoms with Crippen molar-refractivity contribution in [2.45, 2.75) is 0 Å². The first-order valence-corrected chi connectivity index (χ1v) is 4.68. The van der Waals surface area contributed by atoms with Crippen LogP contribution in [0.4, 0.5) is 0 Å². The van der Waals surface area contributed by atoms with E-state index in [0.717, 1.165) is 0 Å². The summed E-state index contributed by atoms with van der Waals surface area (Å²) in [5.41, 5.74) is 0. The minimum Gasteiger partial charge on any atom is -0.769 e. The molecular formula is HClKNaO9S2. The molecule has 0 aromatic rings. The van der Waals surface area contributed by atoms with Crippen molar-refractivity contribution in [3.63, 3.8) is 0 Å². The van der Waals surface area contributed by atoms with Gasteiger partial charge in [-0.15, -0.1) is 0 Å². The van der Waals surface area contributed by atoms with Gasteiger partial charge in [-0.1, -0.05) is 8.67 Å². The van der Waals surface area contributed by atoms with Gasteiger partial charge in [0.05, 0.1) is 0 Å². The Labute approximate surface area is 150 Å². The van der Waals surface area contributed by atoms with E-state index in [1.165, 1.54) is 0 Å². The Morgan fingerprint density at radius 3 is 1.43 bits per heavy atom. The zero-order valence-corrected chi connectivity index (χ0v) is 14.4. The largest absolute Gasteiger partial charge is 1.00 e. The number of hydrogen-bond donors (Lipinski definition) is 1. The summed E-state index contributed by atoms with van der Waals surface area (Å²) in [5, 5.41) is 0. The molecule has 0 atom stereocenters. The van der Waals surface area contributed by atoms with Gasteiger partial charge in [-0.25, -0.2) is 20.3 Å². The second-order valence-electron chi connectivity index (χ2n) is 0.972. The Bertz CT molecular complexity index is 259. The van der Waals surface area contributed by atoms with Crippen LogP contribution in [0.5, 0.6) is 0 Å². The minimum atomic E-state index is -5.27. The first-order valence-electron chi connectivity index (χ1n) is 1.67. The molecule has 0 unspecified atom stereocenters. The third-order valence-electron chi connectivity index (χ3n) is 0.197. The molecule has 0 aliphatic carbocycles. The smallest absolute Gasteiger partial charge is 0.769 e. The van der Waals surface area contributed by atoms with Crippen molar-refractivity contribution in [1.29, 1.82) is 0 Å². The van der Waals surface area contributed by atoms with Gasteiger partial charge < -0.3 is 9.21 Å². The molecule has 14 heavy (non-hydrogen) atoms. The van der Waals surface area contributed by atoms with Crippen LogP contribution in [0.3, 0.4) is 0 Å². The summed E-state index contributed by atoms with van der Waals surface area (Å²) in [6, 6.07) is 0. The van der Waals surface area contributed by atoms with Crippen molar-refractivity contribution < 1.29 is 120 Å². The van der Waals surface area contributed by atoms with E-state index in [1.807, 2.05) is 0 Å². The van der Waals surface area contributed by atoms with Gasteiger partial charge in [0.2, 0.25) is 10.4 Å². The van der Waals surface area contributed by atoms with Gasteiger partial charge in [0, 0.05) is 0 Å². The van der Waals surface area contributed by atoms with Crippen molar-refractivity contribution in [1.82, 2.24) is 0 Å². The first-order chi connectivity index (χ1) is 5.21. The van der Waals surface area contributed by atoms with Crippen LogP contribution in [0.25, 0.3) is 0 Å². The van der Waals surface area contributed by atoms with Crippen LogP contribution < -0.4 is 85.6 Å². The van der Waals surface area contributed by atoms with Gasteiger partial charge in [-0.3, -0.25) is 4.55 Å². The molecule has 0 aliphatic heterocycles. The fourth-order valence-corrected chi connectivity index (χ4v) is 0.622. The van der Waals surface area contributed by atoms with Crippen molar-refractivity contribution in [3.8, 4) is 0 Å². The van der Waals surface area contributed by atoms with E-state index in [1.54, 1.807) is 0 Å². The number of halogens is 1. The van der Waals surface area contributed by atoms with Crippen LogP contribution in [-0.4, -0.2) is 25.9 Å². The summed E-state index contributed by atoms with van der Waals surface area (Å²) >= 11 is 3.39. The van der Waals surface area contributed by atoms with Crippen molar-refractivity contribution in [3.05, 3.63) is 0 Å². The third-order valence-corrected chi connectivity index (χ3v) is 0.758. The second-order valence-corrected chi connectivity index (χ2v) is 2.92. The molecule has 14 heteroatoms. The quantitative estimate of drug-likeness (QED) is 0.176. The second kappa shape index (κ2) is 12.1. The van der Waals surface area contributed by atoms with Gasteiger partial charge in [0.25, 0.3) is 0 Å². The monoisotopic (exact) mass is 306 g/mol. The number of hydrogen-bond acceptors (Lipinski definition) is 8. The summed E-state index contributed by atoms with van der Waals surface area (Å²) in [7, 11) is -10.3. The summed E-state index contributed by atoms with van der Waals surface area (Å²) in [6.45, 7) is 0. The van der Waals surface area contributed by atoms with Crippen molar-refractivity contribution in [2.24, 2.45) is 0 Å². The topological polar surface area (TPSA) is 153 Å². The Kier molecular flexibility index (Phi) is 22.0. The Morgan fingerprint density at radius 1 is 1.07 bits per heavy atom. The molecule has 0 saturated carbocycles. The van der Waals surface area contributed by atoms with Gasteiger partial charge in [-0.2, -0.15) is 8.42 Å². The van der Waals surface area contributed by atoms with E-state index in [-0.39, 0.29) is 80.9 Å². The standard InChI is InChI=1S/ClO.K.Na.H2O8S2/c1-2;;;1-9(2,3)7-8-10(4,5)6/h;;;(H,1,2,3)(H,4,5,6)/q-1;2*+1;/p-1. The Morgan fingerprint density at radius 2 is 1.36 bits per heavy atom. The molecule has 0 heterocycles. The maximum atomic E-state index is 9.48. The third kappa shape index (κ3) is 29.3. The predicted molar refractivity (Wildman–Crippen MR) is 29.3 cm³/mol. The van der Waals surface area contributed by atoms with Crippen LogP contribution in [0.15, 0.2) is 0 Å². The molecule has 76 valence electrons. The van der Waals surface area contributed by atoms with Gasteiger partial charge >= 0.3 is 91.3 Å². The average Bonchev–Trinajstić information content (AvgIpc) is 1.86. The van der Waals surface area contributed by atoms with Crippen LogP contribution >= 0.6 is 11.9 Å². The van der Waals surface area contributed by atoms with E-state index in [9.17, 15) is 21.4 Å². The summed E-state index contributed by atoms with van der Waals surface area (Å²) < 4.78 is 67.9. The molecule has 0 spiro atoms. The average molecular weight is 307 g/mol. The molecular weight excluding hydrogens is 306 g/mol. The molecule has 0 rings (SSSR count). The first kappa shape index (κ1) is 25.5. The fourth-order valence-electron chi connectivity index (χ4n) is 0.0691. The SMILES string of the molecule is O=S(=O)([O-])OOS(=O)(=O)O.[K+].[Na+].[O-]Cl. The Balaban J connectivity index is -0.000000117. The van der Waals surface area contributed by atoms with E-state index < -0.39 is 20.8 Å². The zero-order chi connectivity index (χ0) is 10.4. The van der Waals surface area contributed by atoms with Crippen LogP contribution in [0.2, 0.25) is 0 Å². The van der Waals surface area contributed by atoms with Crippen LogP contribution in [0, 0.1) is 0 Å². The molecule has 0 fully saturated rings. The molecule has 9 nitrogen and oxygen atoms in total. The molecule has 0 radical (unpaired) electrons. The maximum Gasteiger partial charge on any atom is 1.00 e.